The molecular weight excluding hydrogens is 220 g/mol. The summed E-state index contributed by atoms with van der Waals surface area (Å²) in [6.45, 7) is 4.51. The van der Waals surface area contributed by atoms with Gasteiger partial charge in [-0.15, -0.1) is 0 Å². The predicted octanol–water partition coefficient (Wildman–Crippen LogP) is 5.52. The summed E-state index contributed by atoms with van der Waals surface area (Å²) in [5, 5.41) is 0. The second kappa shape index (κ2) is 9.58. The van der Waals surface area contributed by atoms with E-state index in [0.29, 0.717) is 11.7 Å². The molecule has 1 fully saturated rings. The topological polar surface area (TPSA) is 17.1 Å². The molecule has 0 heterocycles. The highest BCUT2D eigenvalue weighted by atomic mass is 16.1. The van der Waals surface area contributed by atoms with Gasteiger partial charge in [0.15, 0.2) is 0 Å². The van der Waals surface area contributed by atoms with Gasteiger partial charge in [-0.05, 0) is 31.6 Å². The Balaban J connectivity index is 1.97. The largest absolute Gasteiger partial charge is 0.299 e. The predicted molar refractivity (Wildman–Crippen MR) is 78.7 cm³/mol. The summed E-state index contributed by atoms with van der Waals surface area (Å²) < 4.78 is 0. The number of carbonyl (C=O) groups excluding carboxylic acids is 1. The van der Waals surface area contributed by atoms with Crippen LogP contribution in [0, 0.1) is 11.8 Å². The molecule has 1 aliphatic carbocycles. The zero-order valence-electron chi connectivity index (χ0n) is 12.5. The molecule has 0 bridgehead atoms. The van der Waals surface area contributed by atoms with E-state index in [0.717, 1.165) is 18.8 Å². The average molecular weight is 252 g/mol. The molecule has 1 aliphatic rings. The van der Waals surface area contributed by atoms with Gasteiger partial charge < -0.3 is 0 Å². The molecule has 0 amide bonds. The van der Waals surface area contributed by atoms with Gasteiger partial charge in [-0.3, -0.25) is 4.79 Å². The molecule has 106 valence electrons. The Morgan fingerprint density at radius 1 is 0.944 bits per heavy atom. The van der Waals surface area contributed by atoms with Crippen molar-refractivity contribution >= 4 is 5.78 Å². The second-order valence-electron chi connectivity index (χ2n) is 6.12. The van der Waals surface area contributed by atoms with Crippen molar-refractivity contribution in [1.29, 1.82) is 0 Å². The zero-order valence-corrected chi connectivity index (χ0v) is 12.5. The molecule has 0 N–H and O–H groups in total. The van der Waals surface area contributed by atoms with Crippen molar-refractivity contribution in [2.24, 2.45) is 11.8 Å². The minimum Gasteiger partial charge on any atom is -0.299 e. The third-order valence-corrected chi connectivity index (χ3v) is 4.60. The van der Waals surface area contributed by atoms with Crippen LogP contribution in [0.5, 0.6) is 0 Å². The minimum absolute atomic E-state index is 0.426. The van der Waals surface area contributed by atoms with E-state index < -0.39 is 0 Å². The molecule has 0 radical (unpaired) electrons. The fraction of sp³-hybridized carbons (Fsp3) is 0.941. The average Bonchev–Trinajstić information content (AvgIpc) is 2.86. The molecule has 2 unspecified atom stereocenters. The lowest BCUT2D eigenvalue weighted by Crippen LogP contribution is -2.11. The summed E-state index contributed by atoms with van der Waals surface area (Å²) in [4.78, 5) is 12.0. The van der Waals surface area contributed by atoms with Crippen molar-refractivity contribution < 1.29 is 4.79 Å². The normalized spacial score (nSPS) is 23.4. The third kappa shape index (κ3) is 6.02. The van der Waals surface area contributed by atoms with E-state index in [9.17, 15) is 4.79 Å². The van der Waals surface area contributed by atoms with Gasteiger partial charge in [-0.2, -0.15) is 0 Å². The lowest BCUT2D eigenvalue weighted by molar-refractivity contribution is -0.122. The Hall–Kier alpha value is -0.330. The van der Waals surface area contributed by atoms with Gasteiger partial charge in [-0.25, -0.2) is 0 Å². The quantitative estimate of drug-likeness (QED) is 0.468. The first-order valence-corrected chi connectivity index (χ1v) is 8.30. The van der Waals surface area contributed by atoms with Crippen molar-refractivity contribution in [3.05, 3.63) is 0 Å². The van der Waals surface area contributed by atoms with Crippen molar-refractivity contribution in [1.82, 2.24) is 0 Å². The molecule has 0 aliphatic heterocycles. The lowest BCUT2D eigenvalue weighted by Gasteiger charge is -2.09. The smallest absolute Gasteiger partial charge is 0.135 e. The molecule has 0 saturated heterocycles. The lowest BCUT2D eigenvalue weighted by atomic mass is 9.95. The number of carbonyl (C=O) groups is 1. The van der Waals surface area contributed by atoms with Crippen molar-refractivity contribution in [2.45, 2.75) is 90.9 Å². The molecule has 18 heavy (non-hydrogen) atoms. The van der Waals surface area contributed by atoms with Gasteiger partial charge in [0, 0.05) is 12.3 Å². The molecule has 2 atom stereocenters. The monoisotopic (exact) mass is 252 g/mol. The van der Waals surface area contributed by atoms with Crippen LogP contribution in [0.4, 0.5) is 0 Å². The summed E-state index contributed by atoms with van der Waals surface area (Å²) in [5.74, 6) is 1.84. The van der Waals surface area contributed by atoms with E-state index in [-0.39, 0.29) is 0 Å². The Labute approximate surface area is 114 Å². The fourth-order valence-corrected chi connectivity index (χ4v) is 3.20. The van der Waals surface area contributed by atoms with E-state index >= 15 is 0 Å². The van der Waals surface area contributed by atoms with Gasteiger partial charge in [-0.1, -0.05) is 58.8 Å². The van der Waals surface area contributed by atoms with Gasteiger partial charge >= 0.3 is 0 Å². The van der Waals surface area contributed by atoms with E-state index in [1.165, 1.54) is 64.2 Å². The number of unbranched alkanes of at least 4 members (excludes halogenated alkanes) is 6. The summed E-state index contributed by atoms with van der Waals surface area (Å²) in [6, 6.07) is 0. The van der Waals surface area contributed by atoms with E-state index in [1.807, 2.05) is 0 Å². The first kappa shape index (κ1) is 15.7. The molecule has 1 nitrogen and oxygen atoms in total. The molecule has 0 aromatic heterocycles. The summed E-state index contributed by atoms with van der Waals surface area (Å²) in [5.41, 5.74) is 0. The molecule has 0 aromatic carbocycles. The van der Waals surface area contributed by atoms with Crippen LogP contribution in [0.2, 0.25) is 0 Å². The highest BCUT2D eigenvalue weighted by Crippen LogP contribution is 2.34. The number of rotatable bonds is 10. The molecule has 0 aromatic rings. The highest BCUT2D eigenvalue weighted by molar-refractivity contribution is 5.81. The van der Waals surface area contributed by atoms with Crippen molar-refractivity contribution in [3.8, 4) is 0 Å². The van der Waals surface area contributed by atoms with Crippen LogP contribution in [0.15, 0.2) is 0 Å². The van der Waals surface area contributed by atoms with Crippen LogP contribution in [0.3, 0.4) is 0 Å². The van der Waals surface area contributed by atoms with Gasteiger partial charge in [0.1, 0.15) is 5.78 Å². The summed E-state index contributed by atoms with van der Waals surface area (Å²) >= 11 is 0. The molecule has 1 heteroatoms. The number of Topliss-reactive ketones (excluding diaryl/α,β-unsaturated/α-hetero) is 1. The van der Waals surface area contributed by atoms with Crippen molar-refractivity contribution in [3.63, 3.8) is 0 Å². The Bertz CT molecular complexity index is 222. The van der Waals surface area contributed by atoms with Crippen LogP contribution in [-0.4, -0.2) is 5.78 Å². The standard InChI is InChI=1S/C17H32O/c1-3-5-6-7-8-9-10-11-17(18)16-13-12-15(4-2)14-16/h15-16H,3-14H2,1-2H3. The number of hydrogen-bond acceptors (Lipinski definition) is 1. The molecule has 0 spiro atoms. The second-order valence-corrected chi connectivity index (χ2v) is 6.12. The van der Waals surface area contributed by atoms with Crippen LogP contribution < -0.4 is 0 Å². The first-order valence-electron chi connectivity index (χ1n) is 8.30. The van der Waals surface area contributed by atoms with Crippen LogP contribution in [0.25, 0.3) is 0 Å². The van der Waals surface area contributed by atoms with E-state index in [4.69, 9.17) is 0 Å². The Kier molecular flexibility index (Phi) is 8.37. The molecular formula is C17H32O. The van der Waals surface area contributed by atoms with Gasteiger partial charge in [0.25, 0.3) is 0 Å². The van der Waals surface area contributed by atoms with Gasteiger partial charge in [0.05, 0.1) is 0 Å². The number of hydrogen-bond donors (Lipinski definition) is 0. The maximum atomic E-state index is 12.0. The zero-order chi connectivity index (χ0) is 13.2. The number of ketones is 1. The minimum atomic E-state index is 0.426. The maximum absolute atomic E-state index is 12.0. The summed E-state index contributed by atoms with van der Waals surface area (Å²) in [6.07, 6.45) is 14.9. The van der Waals surface area contributed by atoms with Crippen LogP contribution in [0.1, 0.15) is 90.9 Å². The fourth-order valence-electron chi connectivity index (χ4n) is 3.20. The SMILES string of the molecule is CCCCCCCCCC(=O)C1CCC(CC)C1. The third-order valence-electron chi connectivity index (χ3n) is 4.60. The van der Waals surface area contributed by atoms with E-state index in [2.05, 4.69) is 13.8 Å². The van der Waals surface area contributed by atoms with Crippen molar-refractivity contribution in [2.75, 3.05) is 0 Å². The first-order chi connectivity index (χ1) is 8.77. The Morgan fingerprint density at radius 3 is 2.22 bits per heavy atom. The molecule has 1 saturated carbocycles. The van der Waals surface area contributed by atoms with Crippen LogP contribution >= 0.6 is 0 Å². The molecule has 1 rings (SSSR count). The van der Waals surface area contributed by atoms with Gasteiger partial charge in [0.2, 0.25) is 0 Å². The van der Waals surface area contributed by atoms with Crippen LogP contribution in [-0.2, 0) is 4.79 Å². The van der Waals surface area contributed by atoms with E-state index in [1.54, 1.807) is 0 Å². The summed E-state index contributed by atoms with van der Waals surface area (Å²) in [7, 11) is 0. The maximum Gasteiger partial charge on any atom is 0.135 e. The Morgan fingerprint density at radius 2 is 1.61 bits per heavy atom. The highest BCUT2D eigenvalue weighted by Gasteiger charge is 2.27.